The molecule has 3 N–H and O–H groups in total. The molecule has 0 aliphatic rings. The molecule has 0 bridgehead atoms. The van der Waals surface area contributed by atoms with Crippen molar-refractivity contribution in [2.24, 2.45) is 5.10 Å². The number of rotatable bonds is 6. The number of aromatic nitrogens is 3. The average molecular weight is 356 g/mol. The van der Waals surface area contributed by atoms with Gasteiger partial charge in [-0.15, -0.1) is 10.2 Å². The van der Waals surface area contributed by atoms with Crippen molar-refractivity contribution in [2.75, 3.05) is 5.32 Å². The lowest BCUT2D eigenvalue weighted by Crippen LogP contribution is -2.19. The summed E-state index contributed by atoms with van der Waals surface area (Å²) < 4.78 is 0. The van der Waals surface area contributed by atoms with E-state index >= 15 is 0 Å². The van der Waals surface area contributed by atoms with Crippen molar-refractivity contribution in [3.8, 4) is 0 Å². The molecule has 128 valence electrons. The van der Waals surface area contributed by atoms with Crippen molar-refractivity contribution in [1.29, 1.82) is 0 Å². The van der Waals surface area contributed by atoms with Crippen molar-refractivity contribution < 1.29 is 9.59 Å². The number of amides is 2. The van der Waals surface area contributed by atoms with Gasteiger partial charge in [0.1, 0.15) is 5.01 Å². The van der Waals surface area contributed by atoms with Gasteiger partial charge < -0.3 is 10.3 Å². The third-order valence-corrected chi connectivity index (χ3v) is 4.20. The Kier molecular flexibility index (Phi) is 5.14. The van der Waals surface area contributed by atoms with E-state index in [1.54, 1.807) is 13.1 Å². The predicted molar refractivity (Wildman–Crippen MR) is 96.6 cm³/mol. The van der Waals surface area contributed by atoms with Crippen LogP contribution in [-0.4, -0.2) is 33.2 Å². The summed E-state index contributed by atoms with van der Waals surface area (Å²) in [7, 11) is 0. The van der Waals surface area contributed by atoms with E-state index in [2.05, 4.69) is 31.0 Å². The number of carbonyl (C=O) groups excluding carboxylic acids is 2. The van der Waals surface area contributed by atoms with Crippen LogP contribution in [0, 0.1) is 0 Å². The van der Waals surface area contributed by atoms with Gasteiger partial charge in [-0.3, -0.25) is 9.59 Å². The molecular weight excluding hydrogens is 340 g/mol. The second-order valence-electron chi connectivity index (χ2n) is 5.16. The van der Waals surface area contributed by atoms with Crippen LogP contribution in [0.1, 0.15) is 23.9 Å². The number of anilines is 1. The van der Waals surface area contributed by atoms with Crippen LogP contribution in [0.3, 0.4) is 0 Å². The monoisotopic (exact) mass is 356 g/mol. The Bertz CT molecular complexity index is 930. The number of carbonyl (C=O) groups is 2. The highest BCUT2D eigenvalue weighted by molar-refractivity contribution is 7.15. The van der Waals surface area contributed by atoms with Crippen molar-refractivity contribution in [3.63, 3.8) is 0 Å². The first-order valence-electron chi connectivity index (χ1n) is 7.66. The number of hydrogen-bond donors (Lipinski definition) is 3. The van der Waals surface area contributed by atoms with E-state index in [1.165, 1.54) is 11.3 Å². The number of aromatic amines is 1. The van der Waals surface area contributed by atoms with E-state index in [4.69, 9.17) is 0 Å². The van der Waals surface area contributed by atoms with Crippen LogP contribution in [0.4, 0.5) is 5.13 Å². The molecule has 0 aliphatic heterocycles. The fourth-order valence-electron chi connectivity index (χ4n) is 2.13. The molecule has 2 heterocycles. The second kappa shape index (κ2) is 7.67. The van der Waals surface area contributed by atoms with Gasteiger partial charge in [0.15, 0.2) is 0 Å². The van der Waals surface area contributed by atoms with Gasteiger partial charge in [-0.25, -0.2) is 5.43 Å². The van der Waals surface area contributed by atoms with Crippen molar-refractivity contribution in [3.05, 3.63) is 41.0 Å². The molecule has 2 amide bonds. The molecular formula is C16H16N6O2S. The molecule has 1 aromatic carbocycles. The summed E-state index contributed by atoms with van der Waals surface area (Å²) in [6.45, 7) is 1.75. The zero-order chi connectivity index (χ0) is 17.6. The summed E-state index contributed by atoms with van der Waals surface area (Å²) in [5.41, 5.74) is 4.35. The van der Waals surface area contributed by atoms with Crippen molar-refractivity contribution >= 4 is 45.4 Å². The highest BCUT2D eigenvalue weighted by Crippen LogP contribution is 2.16. The van der Waals surface area contributed by atoms with E-state index in [0.29, 0.717) is 16.6 Å². The molecule has 0 aliphatic carbocycles. The maximum Gasteiger partial charge on any atom is 0.247 e. The zero-order valence-electron chi connectivity index (χ0n) is 13.4. The van der Waals surface area contributed by atoms with Crippen LogP contribution in [-0.2, 0) is 16.0 Å². The molecule has 2 aromatic heterocycles. The van der Waals surface area contributed by atoms with Gasteiger partial charge in [0.25, 0.3) is 0 Å². The van der Waals surface area contributed by atoms with Crippen LogP contribution in [0.25, 0.3) is 10.9 Å². The normalized spacial score (nSPS) is 11.1. The van der Waals surface area contributed by atoms with Gasteiger partial charge in [-0.1, -0.05) is 36.5 Å². The Hall–Kier alpha value is -3.07. The molecule has 0 radical (unpaired) electrons. The first kappa shape index (κ1) is 16.8. The number of hydrazone groups is 1. The molecule has 0 unspecified atom stereocenters. The summed E-state index contributed by atoms with van der Waals surface area (Å²) in [5.74, 6) is -0.448. The maximum absolute atomic E-state index is 11.9. The van der Waals surface area contributed by atoms with Gasteiger partial charge in [0.05, 0.1) is 12.6 Å². The predicted octanol–water partition coefficient (Wildman–Crippen LogP) is 2.06. The number of benzene rings is 1. The summed E-state index contributed by atoms with van der Waals surface area (Å²) in [4.78, 5) is 26.3. The lowest BCUT2D eigenvalue weighted by atomic mass is 10.2. The summed E-state index contributed by atoms with van der Waals surface area (Å²) in [6.07, 6.45) is 3.82. The van der Waals surface area contributed by atoms with Gasteiger partial charge in [0.2, 0.25) is 16.9 Å². The fourth-order valence-corrected chi connectivity index (χ4v) is 2.89. The molecule has 0 saturated carbocycles. The molecule has 0 spiro atoms. The lowest BCUT2D eigenvalue weighted by Gasteiger charge is -1.96. The van der Waals surface area contributed by atoms with Gasteiger partial charge in [-0.2, -0.15) is 5.10 Å². The Morgan fingerprint density at radius 1 is 1.28 bits per heavy atom. The Morgan fingerprint density at radius 2 is 2.12 bits per heavy atom. The number of hydrogen-bond acceptors (Lipinski definition) is 6. The number of nitrogens with one attached hydrogen (secondary N) is 3. The minimum absolute atomic E-state index is 0.0465. The molecule has 0 fully saturated rings. The summed E-state index contributed by atoms with van der Waals surface area (Å²) in [6, 6.07) is 7.83. The smallest absolute Gasteiger partial charge is 0.247 e. The summed E-state index contributed by atoms with van der Waals surface area (Å²) in [5, 5.41) is 16.2. The van der Waals surface area contributed by atoms with E-state index in [9.17, 15) is 9.59 Å². The largest absolute Gasteiger partial charge is 0.361 e. The topological polar surface area (TPSA) is 112 Å². The standard InChI is InChI=1S/C16H16N6O2S/c1-2-13(23)19-16-22-21-15(25-16)7-14(24)20-18-9-10-8-17-12-6-4-3-5-11(10)12/h3-6,8-9,17H,2,7H2,1H3,(H,20,24)(H,19,22,23). The maximum atomic E-state index is 11.9. The van der Waals surface area contributed by atoms with Gasteiger partial charge in [0, 0.05) is 29.1 Å². The molecule has 0 atom stereocenters. The molecule has 0 saturated heterocycles. The van der Waals surface area contributed by atoms with Crippen LogP contribution in [0.5, 0.6) is 0 Å². The fraction of sp³-hybridized carbons (Fsp3) is 0.188. The SMILES string of the molecule is CCC(=O)Nc1nnc(CC(=O)NN=Cc2c[nH]c3ccccc23)s1. The van der Waals surface area contributed by atoms with Crippen molar-refractivity contribution in [2.45, 2.75) is 19.8 Å². The van der Waals surface area contributed by atoms with Gasteiger partial charge >= 0.3 is 0 Å². The molecule has 3 aromatic rings. The number of fused-ring (bicyclic) bond motifs is 1. The Labute approximate surface area is 147 Å². The molecule has 8 nitrogen and oxygen atoms in total. The zero-order valence-corrected chi connectivity index (χ0v) is 14.3. The van der Waals surface area contributed by atoms with E-state index < -0.39 is 0 Å². The first-order chi connectivity index (χ1) is 12.2. The van der Waals surface area contributed by atoms with Crippen LogP contribution >= 0.6 is 11.3 Å². The quantitative estimate of drug-likeness (QED) is 0.463. The average Bonchev–Trinajstić information content (AvgIpc) is 3.22. The summed E-state index contributed by atoms with van der Waals surface area (Å²) >= 11 is 1.17. The minimum atomic E-state index is -0.305. The van der Waals surface area contributed by atoms with Crippen LogP contribution in [0.2, 0.25) is 0 Å². The number of para-hydroxylation sites is 1. The lowest BCUT2D eigenvalue weighted by molar-refractivity contribution is -0.120. The second-order valence-corrected chi connectivity index (χ2v) is 6.22. The minimum Gasteiger partial charge on any atom is -0.361 e. The molecule has 3 rings (SSSR count). The number of H-pyrrole nitrogens is 1. The van der Waals surface area contributed by atoms with Crippen LogP contribution < -0.4 is 10.7 Å². The third kappa shape index (κ3) is 4.27. The van der Waals surface area contributed by atoms with Gasteiger partial charge in [-0.05, 0) is 6.07 Å². The van der Waals surface area contributed by atoms with E-state index in [1.807, 2.05) is 30.5 Å². The third-order valence-electron chi connectivity index (χ3n) is 3.36. The highest BCUT2D eigenvalue weighted by Gasteiger charge is 2.10. The molecule has 25 heavy (non-hydrogen) atoms. The highest BCUT2D eigenvalue weighted by atomic mass is 32.1. The van der Waals surface area contributed by atoms with E-state index in [-0.39, 0.29) is 18.2 Å². The van der Waals surface area contributed by atoms with Crippen molar-refractivity contribution in [1.82, 2.24) is 20.6 Å². The Morgan fingerprint density at radius 3 is 2.96 bits per heavy atom. The Balaban J connectivity index is 1.55. The number of nitrogens with zero attached hydrogens (tertiary/aromatic N) is 3. The first-order valence-corrected chi connectivity index (χ1v) is 8.47. The van der Waals surface area contributed by atoms with E-state index in [0.717, 1.165) is 16.5 Å². The van der Waals surface area contributed by atoms with Crippen LogP contribution in [0.15, 0.2) is 35.6 Å². The molecule has 9 heteroatoms.